The Labute approximate surface area is 200 Å². The molecular weight excluding hydrogens is 432 g/mol. The number of nitrogens with one attached hydrogen (secondary N) is 2. The number of carbonyl (C=O) groups is 3. The van der Waals surface area contributed by atoms with E-state index in [4.69, 9.17) is 9.84 Å². The fourth-order valence-electron chi connectivity index (χ4n) is 4.65. The van der Waals surface area contributed by atoms with Crippen LogP contribution in [-0.4, -0.2) is 41.8 Å². The number of aliphatic carboxylic acids is 1. The Morgan fingerprint density at radius 2 is 1.47 bits per heavy atom. The highest BCUT2D eigenvalue weighted by Gasteiger charge is 2.38. The Hall–Kier alpha value is -3.35. The molecular formula is C27H34N2O5. The van der Waals surface area contributed by atoms with E-state index in [0.29, 0.717) is 12.8 Å². The highest BCUT2D eigenvalue weighted by atomic mass is 16.5. The van der Waals surface area contributed by atoms with Gasteiger partial charge in [-0.1, -0.05) is 62.4 Å². The summed E-state index contributed by atoms with van der Waals surface area (Å²) in [6.07, 6.45) is 0.206. The molecule has 2 amide bonds. The number of fused-ring (bicyclic) bond motifs is 3. The predicted octanol–water partition coefficient (Wildman–Crippen LogP) is 4.70. The Kier molecular flexibility index (Phi) is 7.64. The lowest BCUT2D eigenvalue weighted by Crippen LogP contribution is -2.54. The summed E-state index contributed by atoms with van der Waals surface area (Å²) in [4.78, 5) is 36.8. The first kappa shape index (κ1) is 25.3. The van der Waals surface area contributed by atoms with Crippen LogP contribution in [0.3, 0.4) is 0 Å². The van der Waals surface area contributed by atoms with Crippen molar-refractivity contribution in [1.29, 1.82) is 0 Å². The molecule has 3 N–H and O–H groups in total. The van der Waals surface area contributed by atoms with Gasteiger partial charge in [0, 0.05) is 18.0 Å². The first-order valence-corrected chi connectivity index (χ1v) is 11.8. The van der Waals surface area contributed by atoms with Crippen molar-refractivity contribution in [2.24, 2.45) is 5.41 Å². The topological polar surface area (TPSA) is 105 Å². The van der Waals surface area contributed by atoms with Gasteiger partial charge in [0.15, 0.2) is 0 Å². The van der Waals surface area contributed by atoms with Crippen LogP contribution in [0, 0.1) is 5.41 Å². The number of hydrogen-bond acceptors (Lipinski definition) is 4. The van der Waals surface area contributed by atoms with E-state index in [9.17, 15) is 14.4 Å². The van der Waals surface area contributed by atoms with E-state index >= 15 is 0 Å². The Balaban J connectivity index is 1.63. The zero-order chi connectivity index (χ0) is 24.9. The molecule has 0 saturated heterocycles. The summed E-state index contributed by atoms with van der Waals surface area (Å²) >= 11 is 0. The van der Waals surface area contributed by atoms with Gasteiger partial charge < -0.3 is 20.5 Å². The number of rotatable bonds is 10. The van der Waals surface area contributed by atoms with Gasteiger partial charge in [0.25, 0.3) is 0 Å². The van der Waals surface area contributed by atoms with Gasteiger partial charge in [-0.3, -0.25) is 9.59 Å². The number of carbonyl (C=O) groups excluding carboxylic acids is 2. The fraction of sp³-hybridized carbons (Fsp3) is 0.444. The van der Waals surface area contributed by atoms with E-state index < -0.39 is 23.0 Å². The van der Waals surface area contributed by atoms with Gasteiger partial charge in [0.2, 0.25) is 5.91 Å². The third kappa shape index (κ3) is 5.41. The average Bonchev–Trinajstić information content (AvgIpc) is 3.11. The molecule has 0 heterocycles. The summed E-state index contributed by atoms with van der Waals surface area (Å²) in [5, 5.41) is 14.7. The summed E-state index contributed by atoms with van der Waals surface area (Å²) < 4.78 is 5.60. The van der Waals surface area contributed by atoms with Gasteiger partial charge in [-0.25, -0.2) is 4.79 Å². The Morgan fingerprint density at radius 3 is 1.97 bits per heavy atom. The second-order valence-corrected chi connectivity index (χ2v) is 9.58. The van der Waals surface area contributed by atoms with E-state index in [-0.39, 0.29) is 31.4 Å². The van der Waals surface area contributed by atoms with E-state index in [2.05, 4.69) is 34.9 Å². The van der Waals surface area contributed by atoms with Crippen molar-refractivity contribution >= 4 is 18.0 Å². The van der Waals surface area contributed by atoms with Gasteiger partial charge in [0.1, 0.15) is 6.61 Å². The lowest BCUT2D eigenvalue weighted by Gasteiger charge is -2.35. The van der Waals surface area contributed by atoms with E-state index in [1.54, 1.807) is 13.8 Å². The van der Waals surface area contributed by atoms with E-state index in [1.165, 1.54) is 0 Å². The monoisotopic (exact) mass is 466 g/mol. The summed E-state index contributed by atoms with van der Waals surface area (Å²) in [6.45, 7) is 7.41. The number of benzene rings is 2. The predicted molar refractivity (Wildman–Crippen MR) is 131 cm³/mol. The average molecular weight is 467 g/mol. The molecule has 7 nitrogen and oxygen atoms in total. The molecule has 34 heavy (non-hydrogen) atoms. The summed E-state index contributed by atoms with van der Waals surface area (Å²) in [5.74, 6) is -1.30. The molecule has 2 aromatic carbocycles. The van der Waals surface area contributed by atoms with Crippen molar-refractivity contribution in [3.63, 3.8) is 0 Å². The van der Waals surface area contributed by atoms with Gasteiger partial charge in [-0.15, -0.1) is 0 Å². The molecule has 0 bridgehead atoms. The molecule has 0 unspecified atom stereocenters. The van der Waals surface area contributed by atoms with Crippen LogP contribution < -0.4 is 10.6 Å². The Morgan fingerprint density at radius 1 is 0.941 bits per heavy atom. The van der Waals surface area contributed by atoms with Crippen molar-refractivity contribution in [3.8, 4) is 11.1 Å². The lowest BCUT2D eigenvalue weighted by molar-refractivity contribution is -0.139. The van der Waals surface area contributed by atoms with Crippen LogP contribution in [0.4, 0.5) is 4.79 Å². The van der Waals surface area contributed by atoms with Gasteiger partial charge in [-0.05, 0) is 48.9 Å². The second-order valence-electron chi connectivity index (χ2n) is 9.58. The van der Waals surface area contributed by atoms with Crippen molar-refractivity contribution in [2.75, 3.05) is 13.2 Å². The van der Waals surface area contributed by atoms with Crippen LogP contribution in [0.1, 0.15) is 64.0 Å². The summed E-state index contributed by atoms with van der Waals surface area (Å²) in [6, 6.07) is 16.3. The number of alkyl carbamates (subject to hydrolysis) is 1. The maximum Gasteiger partial charge on any atom is 0.407 e. The van der Waals surface area contributed by atoms with E-state index in [0.717, 1.165) is 22.3 Å². The van der Waals surface area contributed by atoms with Gasteiger partial charge in [-0.2, -0.15) is 0 Å². The molecule has 0 fully saturated rings. The normalized spacial score (nSPS) is 13.1. The largest absolute Gasteiger partial charge is 0.481 e. The quantitative estimate of drug-likeness (QED) is 0.471. The minimum absolute atomic E-state index is 0.0413. The van der Waals surface area contributed by atoms with Crippen molar-refractivity contribution < 1.29 is 24.2 Å². The van der Waals surface area contributed by atoms with Crippen molar-refractivity contribution in [2.45, 2.75) is 58.4 Å². The highest BCUT2D eigenvalue weighted by Crippen LogP contribution is 2.44. The third-order valence-corrected chi connectivity index (χ3v) is 6.80. The molecule has 3 rings (SSSR count). The summed E-state index contributed by atoms with van der Waals surface area (Å²) in [5.41, 5.74) is 2.82. The van der Waals surface area contributed by atoms with Crippen molar-refractivity contribution in [3.05, 3.63) is 59.7 Å². The smallest absolute Gasteiger partial charge is 0.407 e. The molecule has 0 spiro atoms. The van der Waals surface area contributed by atoms with Crippen LogP contribution >= 0.6 is 0 Å². The van der Waals surface area contributed by atoms with Crippen LogP contribution in [0.15, 0.2) is 48.5 Å². The third-order valence-electron chi connectivity index (χ3n) is 6.80. The molecule has 2 aromatic rings. The summed E-state index contributed by atoms with van der Waals surface area (Å²) in [7, 11) is 0. The SMILES string of the molecule is CCC(CC)(CNC(=O)OCC1c2ccccc2-c2ccccc21)C(=O)NC(C)(C)CC(=O)O. The minimum Gasteiger partial charge on any atom is -0.481 e. The first-order valence-electron chi connectivity index (χ1n) is 11.8. The fourth-order valence-corrected chi connectivity index (χ4v) is 4.65. The highest BCUT2D eigenvalue weighted by molar-refractivity contribution is 5.85. The van der Waals surface area contributed by atoms with Crippen LogP contribution in [0.5, 0.6) is 0 Å². The molecule has 0 atom stereocenters. The molecule has 182 valence electrons. The van der Waals surface area contributed by atoms with Gasteiger partial charge in [0.05, 0.1) is 11.8 Å². The van der Waals surface area contributed by atoms with Crippen LogP contribution in [-0.2, 0) is 14.3 Å². The van der Waals surface area contributed by atoms with Gasteiger partial charge >= 0.3 is 12.1 Å². The van der Waals surface area contributed by atoms with Crippen LogP contribution in [0.2, 0.25) is 0 Å². The molecule has 1 aliphatic carbocycles. The lowest BCUT2D eigenvalue weighted by atomic mass is 9.80. The Bertz CT molecular complexity index is 1010. The number of amides is 2. The first-order chi connectivity index (χ1) is 16.1. The maximum absolute atomic E-state index is 13.1. The molecule has 0 saturated carbocycles. The zero-order valence-electron chi connectivity index (χ0n) is 20.3. The number of hydrogen-bond donors (Lipinski definition) is 3. The zero-order valence-corrected chi connectivity index (χ0v) is 20.3. The molecule has 0 radical (unpaired) electrons. The number of carboxylic acid groups (broad SMARTS) is 1. The molecule has 7 heteroatoms. The molecule has 0 aliphatic heterocycles. The molecule has 1 aliphatic rings. The standard InChI is InChI=1S/C27H34N2O5/c1-5-27(6-2,24(32)29-26(3,4)15-23(30)31)17-28-25(33)34-16-22-20-13-9-7-11-18(20)19-12-8-10-14-21(19)22/h7-14,22H,5-6,15-17H2,1-4H3,(H,28,33)(H,29,32)(H,30,31). The molecule has 0 aromatic heterocycles. The number of ether oxygens (including phenoxy) is 1. The van der Waals surface area contributed by atoms with Crippen molar-refractivity contribution in [1.82, 2.24) is 10.6 Å². The maximum atomic E-state index is 13.1. The minimum atomic E-state index is -0.986. The number of carboxylic acids is 1. The second kappa shape index (κ2) is 10.3. The van der Waals surface area contributed by atoms with E-state index in [1.807, 2.05) is 38.1 Å². The van der Waals surface area contributed by atoms with Crippen LogP contribution in [0.25, 0.3) is 11.1 Å².